The largest absolute Gasteiger partial charge is 0.456 e. The fraction of sp³-hybridized carbons (Fsp3) is 0.154. The summed E-state index contributed by atoms with van der Waals surface area (Å²) in [6.45, 7) is 1.94. The lowest BCUT2D eigenvalue weighted by Gasteiger charge is -2.06. The van der Waals surface area contributed by atoms with Crippen molar-refractivity contribution in [3.8, 4) is 0 Å². The van der Waals surface area contributed by atoms with Gasteiger partial charge in [0.1, 0.15) is 6.61 Å². The molecule has 18 heavy (non-hydrogen) atoms. The Morgan fingerprint density at radius 3 is 2.94 bits per heavy atom. The van der Waals surface area contributed by atoms with Gasteiger partial charge in [0.2, 0.25) is 0 Å². The molecule has 0 aliphatic heterocycles. The zero-order valence-corrected chi connectivity index (χ0v) is 10.5. The molecule has 0 unspecified atom stereocenters. The smallest absolute Gasteiger partial charge is 0.358 e. The van der Waals surface area contributed by atoms with E-state index in [-0.39, 0.29) is 17.3 Å². The minimum atomic E-state index is -0.535. The van der Waals surface area contributed by atoms with Crippen molar-refractivity contribution in [3.05, 3.63) is 58.6 Å². The molecule has 0 fully saturated rings. The molecule has 92 valence electrons. The first-order valence-electron chi connectivity index (χ1n) is 5.36. The summed E-state index contributed by atoms with van der Waals surface area (Å²) in [6, 6.07) is 6.97. The molecule has 4 nitrogen and oxygen atoms in total. The summed E-state index contributed by atoms with van der Waals surface area (Å²) in [7, 11) is 0. The number of nitrogens with zero attached hydrogens (tertiary/aromatic N) is 2. The number of rotatable bonds is 3. The van der Waals surface area contributed by atoms with Crippen LogP contribution in [0.4, 0.5) is 0 Å². The highest BCUT2D eigenvalue weighted by Crippen LogP contribution is 2.15. The number of ether oxygens (including phenoxy) is 1. The zero-order chi connectivity index (χ0) is 13.0. The van der Waals surface area contributed by atoms with Crippen molar-refractivity contribution in [1.29, 1.82) is 0 Å². The van der Waals surface area contributed by atoms with E-state index in [0.717, 1.165) is 5.56 Å². The average Bonchev–Trinajstić information content (AvgIpc) is 2.40. The summed E-state index contributed by atoms with van der Waals surface area (Å²) in [5, 5.41) is 0.289. The second-order valence-electron chi connectivity index (χ2n) is 3.72. The summed E-state index contributed by atoms with van der Waals surface area (Å²) in [5.41, 5.74) is 1.67. The molecule has 0 atom stereocenters. The van der Waals surface area contributed by atoms with E-state index in [1.807, 2.05) is 6.07 Å². The van der Waals surface area contributed by atoms with E-state index < -0.39 is 5.97 Å². The Morgan fingerprint density at radius 1 is 1.39 bits per heavy atom. The van der Waals surface area contributed by atoms with Crippen LogP contribution in [0.1, 0.15) is 21.7 Å². The Morgan fingerprint density at radius 2 is 2.22 bits per heavy atom. The van der Waals surface area contributed by atoms with Gasteiger partial charge in [0.15, 0.2) is 5.69 Å². The Balaban J connectivity index is 2.06. The van der Waals surface area contributed by atoms with Crippen LogP contribution in [-0.2, 0) is 11.3 Å². The van der Waals surface area contributed by atoms with Gasteiger partial charge < -0.3 is 4.74 Å². The number of carbonyl (C=O) groups is 1. The molecule has 0 spiro atoms. The van der Waals surface area contributed by atoms with E-state index in [2.05, 4.69) is 9.97 Å². The van der Waals surface area contributed by atoms with Gasteiger partial charge in [0, 0.05) is 23.7 Å². The monoisotopic (exact) mass is 262 g/mol. The molecule has 2 aromatic rings. The summed E-state index contributed by atoms with van der Waals surface area (Å²) in [6.07, 6.45) is 3.29. The lowest BCUT2D eigenvalue weighted by atomic mass is 10.3. The Kier molecular flexibility index (Phi) is 3.89. The van der Waals surface area contributed by atoms with Crippen molar-refractivity contribution in [2.75, 3.05) is 0 Å². The number of aromatic nitrogens is 2. The third kappa shape index (κ3) is 3.05. The molecule has 2 rings (SSSR count). The maximum absolute atomic E-state index is 11.8. The zero-order valence-electron chi connectivity index (χ0n) is 9.76. The lowest BCUT2D eigenvalue weighted by molar-refractivity contribution is 0.0465. The molecule has 0 saturated carbocycles. The average molecular weight is 263 g/mol. The first-order chi connectivity index (χ1) is 8.66. The molecule has 2 aromatic heterocycles. The normalized spacial score (nSPS) is 10.1. The predicted molar refractivity (Wildman–Crippen MR) is 67.3 cm³/mol. The minimum absolute atomic E-state index is 0.139. The number of hydrogen-bond acceptors (Lipinski definition) is 4. The van der Waals surface area contributed by atoms with Gasteiger partial charge in [-0.2, -0.15) is 0 Å². The Bertz CT molecular complexity index is 558. The van der Waals surface area contributed by atoms with Crippen LogP contribution < -0.4 is 0 Å². The molecule has 0 amide bonds. The Hall–Kier alpha value is -1.94. The molecule has 0 aliphatic rings. The van der Waals surface area contributed by atoms with Gasteiger partial charge in [0.25, 0.3) is 0 Å². The Labute approximate surface area is 110 Å². The molecule has 2 heterocycles. The first kappa shape index (κ1) is 12.5. The van der Waals surface area contributed by atoms with Crippen LogP contribution in [-0.4, -0.2) is 15.9 Å². The summed E-state index contributed by atoms with van der Waals surface area (Å²) < 4.78 is 5.12. The van der Waals surface area contributed by atoms with Gasteiger partial charge in [0.05, 0.1) is 5.02 Å². The van der Waals surface area contributed by atoms with Crippen molar-refractivity contribution < 1.29 is 9.53 Å². The van der Waals surface area contributed by atoms with Crippen LogP contribution in [0, 0.1) is 6.92 Å². The van der Waals surface area contributed by atoms with Crippen molar-refractivity contribution in [1.82, 2.24) is 9.97 Å². The number of carbonyl (C=O) groups excluding carboxylic acids is 1. The second kappa shape index (κ2) is 5.60. The number of hydrogen-bond donors (Lipinski definition) is 0. The van der Waals surface area contributed by atoms with Crippen LogP contribution >= 0.6 is 11.6 Å². The summed E-state index contributed by atoms with van der Waals surface area (Å²) >= 11 is 5.90. The topological polar surface area (TPSA) is 52.1 Å². The second-order valence-corrected chi connectivity index (χ2v) is 4.13. The molecule has 0 N–H and O–H groups in total. The van der Waals surface area contributed by atoms with Crippen molar-refractivity contribution in [2.45, 2.75) is 13.5 Å². The lowest BCUT2D eigenvalue weighted by Crippen LogP contribution is -2.09. The molecule has 0 aliphatic carbocycles. The number of halogens is 1. The minimum Gasteiger partial charge on any atom is -0.456 e. The van der Waals surface area contributed by atoms with Gasteiger partial charge in [-0.15, -0.1) is 0 Å². The van der Waals surface area contributed by atoms with Gasteiger partial charge in [-0.25, -0.2) is 9.78 Å². The van der Waals surface area contributed by atoms with Crippen molar-refractivity contribution >= 4 is 17.6 Å². The number of esters is 1. The third-order valence-electron chi connectivity index (χ3n) is 2.27. The maximum atomic E-state index is 11.8. The summed E-state index contributed by atoms with van der Waals surface area (Å²) in [5.74, 6) is -0.535. The van der Waals surface area contributed by atoms with Crippen LogP contribution in [0.15, 0.2) is 36.7 Å². The van der Waals surface area contributed by atoms with Crippen LogP contribution in [0.25, 0.3) is 0 Å². The van der Waals surface area contributed by atoms with Crippen LogP contribution in [0.2, 0.25) is 5.02 Å². The molecule has 0 radical (unpaired) electrons. The van der Waals surface area contributed by atoms with E-state index >= 15 is 0 Å². The number of pyridine rings is 2. The summed E-state index contributed by atoms with van der Waals surface area (Å²) in [4.78, 5) is 19.8. The number of aryl methyl sites for hydroxylation is 1. The molecular weight excluding hydrogens is 252 g/mol. The van der Waals surface area contributed by atoms with Crippen LogP contribution in [0.5, 0.6) is 0 Å². The van der Waals surface area contributed by atoms with E-state index in [1.54, 1.807) is 37.5 Å². The first-order valence-corrected chi connectivity index (χ1v) is 5.74. The fourth-order valence-electron chi connectivity index (χ4n) is 1.38. The highest BCUT2D eigenvalue weighted by Gasteiger charge is 2.14. The van der Waals surface area contributed by atoms with Gasteiger partial charge in [-0.05, 0) is 25.1 Å². The fourth-order valence-corrected chi connectivity index (χ4v) is 1.57. The van der Waals surface area contributed by atoms with E-state index in [4.69, 9.17) is 16.3 Å². The highest BCUT2D eigenvalue weighted by molar-refractivity contribution is 6.33. The van der Waals surface area contributed by atoms with Gasteiger partial charge in [-0.1, -0.05) is 17.7 Å². The SMILES string of the molecule is Cc1ccc(Cl)c(C(=O)OCc2cccnc2)n1. The molecule has 0 bridgehead atoms. The van der Waals surface area contributed by atoms with E-state index in [9.17, 15) is 4.79 Å². The van der Waals surface area contributed by atoms with E-state index in [0.29, 0.717) is 5.69 Å². The molecule has 0 saturated heterocycles. The molecular formula is C13H11ClN2O2. The molecule has 5 heteroatoms. The predicted octanol–water partition coefficient (Wildman–Crippen LogP) is 2.80. The maximum Gasteiger partial charge on any atom is 0.358 e. The quantitative estimate of drug-likeness (QED) is 0.798. The standard InChI is InChI=1S/C13H11ClN2O2/c1-9-4-5-11(14)12(16-9)13(17)18-8-10-3-2-6-15-7-10/h2-7H,8H2,1H3. The van der Waals surface area contributed by atoms with Gasteiger partial charge >= 0.3 is 5.97 Å². The third-order valence-corrected chi connectivity index (χ3v) is 2.58. The van der Waals surface area contributed by atoms with Gasteiger partial charge in [-0.3, -0.25) is 4.98 Å². The molecule has 0 aromatic carbocycles. The highest BCUT2D eigenvalue weighted by atomic mass is 35.5. The van der Waals surface area contributed by atoms with Crippen LogP contribution in [0.3, 0.4) is 0 Å². The van der Waals surface area contributed by atoms with Crippen molar-refractivity contribution in [3.63, 3.8) is 0 Å². The van der Waals surface area contributed by atoms with Crippen molar-refractivity contribution in [2.24, 2.45) is 0 Å². The van der Waals surface area contributed by atoms with E-state index in [1.165, 1.54) is 0 Å².